The van der Waals surface area contributed by atoms with E-state index in [0.29, 0.717) is 4.83 Å². The summed E-state index contributed by atoms with van der Waals surface area (Å²) >= 11 is 3.61. The molecule has 1 rings (SSSR count). The standard InChI is InChI=1S/C13H20BrNO/c1-2-12(14)8-9-15-10-11-16-13-6-4-3-5-7-13/h3-7,12,15H,2,8-11H2,1H3. The molecule has 0 amide bonds. The Kier molecular flexibility index (Phi) is 7.26. The first-order valence-electron chi connectivity index (χ1n) is 5.85. The van der Waals surface area contributed by atoms with E-state index < -0.39 is 0 Å². The topological polar surface area (TPSA) is 21.3 Å². The summed E-state index contributed by atoms with van der Waals surface area (Å²) in [6.45, 7) is 4.86. The molecule has 1 aromatic rings. The molecule has 16 heavy (non-hydrogen) atoms. The Labute approximate surface area is 107 Å². The van der Waals surface area contributed by atoms with Gasteiger partial charge in [0.05, 0.1) is 0 Å². The van der Waals surface area contributed by atoms with Crippen LogP contribution in [0.15, 0.2) is 30.3 Å². The monoisotopic (exact) mass is 285 g/mol. The highest BCUT2D eigenvalue weighted by Gasteiger charge is 1.99. The Morgan fingerprint density at radius 2 is 2.00 bits per heavy atom. The quantitative estimate of drug-likeness (QED) is 0.585. The number of benzene rings is 1. The molecule has 1 N–H and O–H groups in total. The number of ether oxygens (including phenoxy) is 1. The van der Waals surface area contributed by atoms with Gasteiger partial charge in [-0.25, -0.2) is 0 Å². The molecule has 0 fully saturated rings. The number of para-hydroxylation sites is 1. The molecule has 0 aliphatic carbocycles. The van der Waals surface area contributed by atoms with Gasteiger partial charge in [0.2, 0.25) is 0 Å². The molecule has 90 valence electrons. The number of rotatable bonds is 8. The van der Waals surface area contributed by atoms with Crippen LogP contribution in [0.1, 0.15) is 19.8 Å². The molecule has 0 saturated carbocycles. The summed E-state index contributed by atoms with van der Waals surface area (Å²) < 4.78 is 5.57. The molecule has 0 spiro atoms. The number of nitrogens with one attached hydrogen (secondary N) is 1. The minimum absolute atomic E-state index is 0.634. The SMILES string of the molecule is CCC(Br)CCNCCOc1ccccc1. The highest BCUT2D eigenvalue weighted by molar-refractivity contribution is 9.09. The van der Waals surface area contributed by atoms with E-state index in [4.69, 9.17) is 4.74 Å². The van der Waals surface area contributed by atoms with E-state index in [1.165, 1.54) is 12.8 Å². The number of hydrogen-bond acceptors (Lipinski definition) is 2. The smallest absolute Gasteiger partial charge is 0.119 e. The molecule has 0 aliphatic rings. The van der Waals surface area contributed by atoms with Crippen molar-refractivity contribution in [2.24, 2.45) is 0 Å². The largest absolute Gasteiger partial charge is 0.492 e. The fraction of sp³-hybridized carbons (Fsp3) is 0.538. The highest BCUT2D eigenvalue weighted by Crippen LogP contribution is 2.08. The van der Waals surface area contributed by atoms with Crippen LogP contribution in [0.4, 0.5) is 0 Å². The van der Waals surface area contributed by atoms with Gasteiger partial charge in [0, 0.05) is 11.4 Å². The number of alkyl halides is 1. The molecular weight excluding hydrogens is 266 g/mol. The van der Waals surface area contributed by atoms with E-state index in [0.717, 1.165) is 25.4 Å². The minimum atomic E-state index is 0.634. The van der Waals surface area contributed by atoms with Crippen LogP contribution in [-0.2, 0) is 0 Å². The first-order chi connectivity index (χ1) is 7.83. The fourth-order valence-corrected chi connectivity index (χ4v) is 1.57. The van der Waals surface area contributed by atoms with Gasteiger partial charge in [-0.1, -0.05) is 41.1 Å². The van der Waals surface area contributed by atoms with Gasteiger partial charge in [0.25, 0.3) is 0 Å². The van der Waals surface area contributed by atoms with E-state index in [-0.39, 0.29) is 0 Å². The predicted octanol–water partition coefficient (Wildman–Crippen LogP) is 3.22. The van der Waals surface area contributed by atoms with Gasteiger partial charge in [-0.15, -0.1) is 0 Å². The van der Waals surface area contributed by atoms with Crippen LogP contribution in [-0.4, -0.2) is 24.5 Å². The van der Waals surface area contributed by atoms with Crippen LogP contribution in [0, 0.1) is 0 Å². The maximum Gasteiger partial charge on any atom is 0.119 e. The summed E-state index contributed by atoms with van der Waals surface area (Å²) in [4.78, 5) is 0.634. The third-order valence-electron chi connectivity index (χ3n) is 2.37. The van der Waals surface area contributed by atoms with Crippen molar-refractivity contribution in [1.82, 2.24) is 5.32 Å². The highest BCUT2D eigenvalue weighted by atomic mass is 79.9. The molecule has 0 radical (unpaired) electrons. The molecule has 0 bridgehead atoms. The van der Waals surface area contributed by atoms with Crippen molar-refractivity contribution >= 4 is 15.9 Å². The summed E-state index contributed by atoms with van der Waals surface area (Å²) in [5.74, 6) is 0.941. The maximum atomic E-state index is 5.57. The van der Waals surface area contributed by atoms with Crippen molar-refractivity contribution in [2.45, 2.75) is 24.6 Å². The Balaban J connectivity index is 1.96. The van der Waals surface area contributed by atoms with Gasteiger partial charge in [-0.3, -0.25) is 0 Å². The predicted molar refractivity (Wildman–Crippen MR) is 72.4 cm³/mol. The van der Waals surface area contributed by atoms with Crippen LogP contribution in [0.5, 0.6) is 5.75 Å². The summed E-state index contributed by atoms with van der Waals surface area (Å²) in [6.07, 6.45) is 2.35. The second kappa shape index (κ2) is 8.59. The van der Waals surface area contributed by atoms with Gasteiger partial charge in [0.15, 0.2) is 0 Å². The molecule has 1 unspecified atom stereocenters. The summed E-state index contributed by atoms with van der Waals surface area (Å²) in [6, 6.07) is 9.92. The minimum Gasteiger partial charge on any atom is -0.492 e. The lowest BCUT2D eigenvalue weighted by atomic mass is 10.2. The first-order valence-corrected chi connectivity index (χ1v) is 6.77. The zero-order valence-corrected chi connectivity index (χ0v) is 11.4. The molecule has 0 aromatic heterocycles. The Morgan fingerprint density at radius 1 is 1.25 bits per heavy atom. The third-order valence-corrected chi connectivity index (χ3v) is 3.47. The van der Waals surface area contributed by atoms with E-state index in [2.05, 4.69) is 28.2 Å². The summed E-state index contributed by atoms with van der Waals surface area (Å²) in [5.41, 5.74) is 0. The first kappa shape index (κ1) is 13.5. The molecule has 0 saturated heterocycles. The van der Waals surface area contributed by atoms with Crippen LogP contribution in [0.25, 0.3) is 0 Å². The van der Waals surface area contributed by atoms with Crippen molar-refractivity contribution < 1.29 is 4.74 Å². The van der Waals surface area contributed by atoms with Crippen LogP contribution in [0.2, 0.25) is 0 Å². The lowest BCUT2D eigenvalue weighted by Crippen LogP contribution is -2.23. The van der Waals surface area contributed by atoms with Crippen molar-refractivity contribution in [3.8, 4) is 5.75 Å². The van der Waals surface area contributed by atoms with Gasteiger partial charge in [0.1, 0.15) is 12.4 Å². The lowest BCUT2D eigenvalue weighted by molar-refractivity contribution is 0.314. The Morgan fingerprint density at radius 3 is 2.69 bits per heavy atom. The zero-order valence-electron chi connectivity index (χ0n) is 9.79. The van der Waals surface area contributed by atoms with Crippen LogP contribution in [0.3, 0.4) is 0 Å². The molecule has 0 heterocycles. The van der Waals surface area contributed by atoms with E-state index in [1.54, 1.807) is 0 Å². The van der Waals surface area contributed by atoms with Crippen LogP contribution < -0.4 is 10.1 Å². The average molecular weight is 286 g/mol. The molecule has 2 nitrogen and oxygen atoms in total. The van der Waals surface area contributed by atoms with E-state index in [9.17, 15) is 0 Å². The molecule has 1 atom stereocenters. The van der Waals surface area contributed by atoms with Crippen molar-refractivity contribution in [3.63, 3.8) is 0 Å². The van der Waals surface area contributed by atoms with Gasteiger partial charge >= 0.3 is 0 Å². The van der Waals surface area contributed by atoms with Crippen molar-refractivity contribution in [1.29, 1.82) is 0 Å². The van der Waals surface area contributed by atoms with E-state index in [1.807, 2.05) is 30.3 Å². The average Bonchev–Trinajstić information content (AvgIpc) is 2.34. The molecule has 0 aliphatic heterocycles. The molecular formula is C13H20BrNO. The third kappa shape index (κ3) is 6.13. The molecule has 1 aromatic carbocycles. The Hall–Kier alpha value is -0.540. The van der Waals surface area contributed by atoms with Crippen LogP contribution >= 0.6 is 15.9 Å². The normalized spacial score (nSPS) is 12.4. The Bertz CT molecular complexity index is 266. The van der Waals surface area contributed by atoms with Crippen molar-refractivity contribution in [3.05, 3.63) is 30.3 Å². The van der Waals surface area contributed by atoms with Gasteiger partial charge in [-0.2, -0.15) is 0 Å². The number of halogens is 1. The summed E-state index contributed by atoms with van der Waals surface area (Å²) in [5, 5.41) is 3.37. The van der Waals surface area contributed by atoms with E-state index >= 15 is 0 Å². The van der Waals surface area contributed by atoms with Crippen molar-refractivity contribution in [2.75, 3.05) is 19.7 Å². The second-order valence-corrected chi connectivity index (χ2v) is 5.00. The lowest BCUT2D eigenvalue weighted by Gasteiger charge is -2.09. The zero-order chi connectivity index (χ0) is 11.6. The fourth-order valence-electron chi connectivity index (χ4n) is 1.35. The van der Waals surface area contributed by atoms with Gasteiger partial charge in [-0.05, 0) is 31.5 Å². The van der Waals surface area contributed by atoms with Gasteiger partial charge < -0.3 is 10.1 Å². The maximum absolute atomic E-state index is 5.57. The second-order valence-electron chi connectivity index (χ2n) is 3.71. The molecule has 3 heteroatoms. The number of hydrogen-bond donors (Lipinski definition) is 1. The summed E-state index contributed by atoms with van der Waals surface area (Å²) in [7, 11) is 0.